The smallest absolute Gasteiger partial charge is 0.148 e. The van der Waals surface area contributed by atoms with Gasteiger partial charge in [-0.25, -0.2) is 0 Å². The number of terminal acetylenes is 1. The second-order valence-electron chi connectivity index (χ2n) is 3.44. The first-order chi connectivity index (χ1) is 7.13. The van der Waals surface area contributed by atoms with Crippen LogP contribution in [0.3, 0.4) is 0 Å². The largest absolute Gasteiger partial charge is 0.480 e. The van der Waals surface area contributed by atoms with E-state index in [0.717, 1.165) is 16.6 Å². The molecular formula is C12H14BrNO. The SMILES string of the molecule is C#CCOc1ccc(CC(C)N)cc1Br. The zero-order chi connectivity index (χ0) is 11.3. The Labute approximate surface area is 98.9 Å². The molecule has 1 aromatic rings. The van der Waals surface area contributed by atoms with Crippen LogP contribution >= 0.6 is 15.9 Å². The van der Waals surface area contributed by atoms with E-state index in [4.69, 9.17) is 16.9 Å². The summed E-state index contributed by atoms with van der Waals surface area (Å²) < 4.78 is 6.24. The van der Waals surface area contributed by atoms with Crippen molar-refractivity contribution in [3.05, 3.63) is 28.2 Å². The second kappa shape index (κ2) is 5.79. The van der Waals surface area contributed by atoms with E-state index in [9.17, 15) is 0 Å². The first kappa shape index (κ1) is 12.1. The van der Waals surface area contributed by atoms with E-state index >= 15 is 0 Å². The molecule has 0 aromatic heterocycles. The Hall–Kier alpha value is -0.980. The van der Waals surface area contributed by atoms with Gasteiger partial charge in [-0.3, -0.25) is 0 Å². The third-order valence-electron chi connectivity index (χ3n) is 1.86. The number of nitrogens with two attached hydrogens (primary N) is 1. The number of benzene rings is 1. The minimum atomic E-state index is 0.161. The maximum atomic E-state index is 5.72. The number of hydrogen-bond donors (Lipinski definition) is 1. The minimum Gasteiger partial charge on any atom is -0.480 e. The maximum absolute atomic E-state index is 5.72. The molecule has 0 saturated heterocycles. The number of hydrogen-bond acceptors (Lipinski definition) is 2. The van der Waals surface area contributed by atoms with Crippen LogP contribution in [0.25, 0.3) is 0 Å². The molecular weight excluding hydrogens is 254 g/mol. The molecule has 0 fully saturated rings. The zero-order valence-corrected chi connectivity index (χ0v) is 10.3. The van der Waals surface area contributed by atoms with Gasteiger partial charge in [-0.1, -0.05) is 12.0 Å². The summed E-state index contributed by atoms with van der Waals surface area (Å²) in [6.07, 6.45) is 5.97. The summed E-state index contributed by atoms with van der Waals surface area (Å²) in [5, 5.41) is 0. The number of rotatable bonds is 4. The van der Waals surface area contributed by atoms with Crippen molar-refractivity contribution in [1.29, 1.82) is 0 Å². The molecule has 0 bridgehead atoms. The molecule has 3 heteroatoms. The van der Waals surface area contributed by atoms with Gasteiger partial charge in [-0.05, 0) is 47.0 Å². The fourth-order valence-corrected chi connectivity index (χ4v) is 1.82. The Morgan fingerprint density at radius 2 is 2.33 bits per heavy atom. The molecule has 0 aliphatic rings. The highest BCUT2D eigenvalue weighted by molar-refractivity contribution is 9.10. The molecule has 0 saturated carbocycles. The summed E-state index contributed by atoms with van der Waals surface area (Å²) >= 11 is 3.43. The van der Waals surface area contributed by atoms with E-state index < -0.39 is 0 Å². The Morgan fingerprint density at radius 1 is 1.60 bits per heavy atom. The van der Waals surface area contributed by atoms with Gasteiger partial charge in [0.25, 0.3) is 0 Å². The minimum absolute atomic E-state index is 0.161. The molecule has 1 atom stereocenters. The van der Waals surface area contributed by atoms with E-state index in [2.05, 4.69) is 21.9 Å². The molecule has 1 unspecified atom stereocenters. The van der Waals surface area contributed by atoms with Gasteiger partial charge in [0.2, 0.25) is 0 Å². The first-order valence-electron chi connectivity index (χ1n) is 4.73. The van der Waals surface area contributed by atoms with Gasteiger partial charge in [0, 0.05) is 6.04 Å². The van der Waals surface area contributed by atoms with Gasteiger partial charge in [-0.15, -0.1) is 6.42 Å². The van der Waals surface area contributed by atoms with Crippen molar-refractivity contribution in [3.8, 4) is 18.1 Å². The second-order valence-corrected chi connectivity index (χ2v) is 4.29. The van der Waals surface area contributed by atoms with Crippen molar-refractivity contribution in [2.75, 3.05) is 6.61 Å². The third kappa shape index (κ3) is 3.94. The van der Waals surface area contributed by atoms with Crippen molar-refractivity contribution >= 4 is 15.9 Å². The van der Waals surface area contributed by atoms with Crippen LogP contribution in [0.4, 0.5) is 0 Å². The molecule has 15 heavy (non-hydrogen) atoms. The molecule has 0 aliphatic carbocycles. The van der Waals surface area contributed by atoms with Gasteiger partial charge in [0.1, 0.15) is 12.4 Å². The predicted molar refractivity (Wildman–Crippen MR) is 65.8 cm³/mol. The lowest BCUT2D eigenvalue weighted by Crippen LogP contribution is -2.17. The number of halogens is 1. The Balaban J connectivity index is 2.75. The van der Waals surface area contributed by atoms with Crippen molar-refractivity contribution in [1.82, 2.24) is 0 Å². The fraction of sp³-hybridized carbons (Fsp3) is 0.333. The van der Waals surface area contributed by atoms with E-state index in [1.807, 2.05) is 25.1 Å². The average molecular weight is 268 g/mol. The van der Waals surface area contributed by atoms with Crippen LogP contribution in [-0.4, -0.2) is 12.6 Å². The molecule has 0 spiro atoms. The fourth-order valence-electron chi connectivity index (χ4n) is 1.28. The van der Waals surface area contributed by atoms with Crippen LogP contribution in [-0.2, 0) is 6.42 Å². The molecule has 0 amide bonds. The summed E-state index contributed by atoms with van der Waals surface area (Å²) in [5.41, 5.74) is 6.90. The predicted octanol–water partition coefficient (Wildman–Crippen LogP) is 2.35. The summed E-state index contributed by atoms with van der Waals surface area (Å²) in [6, 6.07) is 6.07. The van der Waals surface area contributed by atoms with Crippen LogP contribution in [0.5, 0.6) is 5.75 Å². The van der Waals surface area contributed by atoms with Gasteiger partial charge in [0.05, 0.1) is 4.47 Å². The molecule has 1 rings (SSSR count). The normalized spacial score (nSPS) is 11.9. The quantitative estimate of drug-likeness (QED) is 0.851. The van der Waals surface area contributed by atoms with E-state index in [1.54, 1.807) is 0 Å². The van der Waals surface area contributed by atoms with Crippen LogP contribution in [0.1, 0.15) is 12.5 Å². The van der Waals surface area contributed by atoms with Crippen LogP contribution < -0.4 is 10.5 Å². The molecule has 0 heterocycles. The van der Waals surface area contributed by atoms with E-state index in [-0.39, 0.29) is 12.6 Å². The maximum Gasteiger partial charge on any atom is 0.148 e. The molecule has 0 aliphatic heterocycles. The van der Waals surface area contributed by atoms with Crippen LogP contribution in [0, 0.1) is 12.3 Å². The van der Waals surface area contributed by atoms with Gasteiger partial charge >= 0.3 is 0 Å². The highest BCUT2D eigenvalue weighted by Gasteiger charge is 2.03. The van der Waals surface area contributed by atoms with E-state index in [1.165, 1.54) is 5.56 Å². The lowest BCUT2D eigenvalue weighted by atomic mass is 10.1. The number of ether oxygens (including phenoxy) is 1. The first-order valence-corrected chi connectivity index (χ1v) is 5.53. The van der Waals surface area contributed by atoms with Crippen molar-refractivity contribution in [2.24, 2.45) is 5.73 Å². The topological polar surface area (TPSA) is 35.2 Å². The molecule has 80 valence electrons. The molecule has 1 aromatic carbocycles. The zero-order valence-electron chi connectivity index (χ0n) is 8.66. The lowest BCUT2D eigenvalue weighted by molar-refractivity contribution is 0.368. The van der Waals surface area contributed by atoms with Crippen LogP contribution in [0.2, 0.25) is 0 Å². The summed E-state index contributed by atoms with van der Waals surface area (Å²) in [4.78, 5) is 0. The average Bonchev–Trinajstić information content (AvgIpc) is 2.15. The molecule has 0 radical (unpaired) electrons. The Bertz CT molecular complexity index is 368. The molecule has 2 nitrogen and oxygen atoms in total. The van der Waals surface area contributed by atoms with Crippen molar-refractivity contribution < 1.29 is 4.74 Å². The van der Waals surface area contributed by atoms with Crippen molar-refractivity contribution in [2.45, 2.75) is 19.4 Å². The Morgan fingerprint density at radius 3 is 2.87 bits per heavy atom. The third-order valence-corrected chi connectivity index (χ3v) is 2.48. The lowest BCUT2D eigenvalue weighted by Gasteiger charge is -2.09. The van der Waals surface area contributed by atoms with Crippen LogP contribution in [0.15, 0.2) is 22.7 Å². The standard InChI is InChI=1S/C12H14BrNO/c1-3-6-15-12-5-4-10(7-9(2)14)8-11(12)13/h1,4-5,8-9H,6-7,14H2,2H3. The van der Waals surface area contributed by atoms with Gasteiger partial charge in [-0.2, -0.15) is 0 Å². The summed E-state index contributed by atoms with van der Waals surface area (Å²) in [5.74, 6) is 3.19. The summed E-state index contributed by atoms with van der Waals surface area (Å²) in [6.45, 7) is 2.27. The highest BCUT2D eigenvalue weighted by Crippen LogP contribution is 2.26. The van der Waals surface area contributed by atoms with Gasteiger partial charge < -0.3 is 10.5 Å². The highest BCUT2D eigenvalue weighted by atomic mass is 79.9. The Kier molecular flexibility index (Phi) is 4.67. The molecule has 2 N–H and O–H groups in total. The summed E-state index contributed by atoms with van der Waals surface area (Å²) in [7, 11) is 0. The monoisotopic (exact) mass is 267 g/mol. The van der Waals surface area contributed by atoms with E-state index in [0.29, 0.717) is 0 Å². The van der Waals surface area contributed by atoms with Gasteiger partial charge in [0.15, 0.2) is 0 Å². The van der Waals surface area contributed by atoms with Crippen molar-refractivity contribution in [3.63, 3.8) is 0 Å².